The molecule has 1 aliphatic rings. The van der Waals surface area contributed by atoms with Gasteiger partial charge in [-0.3, -0.25) is 0 Å². The molecule has 1 heterocycles. The first-order valence-electron chi connectivity index (χ1n) is 6.31. The smallest absolute Gasteiger partial charge is 0.240 e. The lowest BCUT2D eigenvalue weighted by molar-refractivity contribution is 0.197. The highest BCUT2D eigenvalue weighted by Gasteiger charge is 2.26. The third kappa shape index (κ3) is 3.51. The molecule has 0 radical (unpaired) electrons. The largest absolute Gasteiger partial charge is 0.383 e. The summed E-state index contributed by atoms with van der Waals surface area (Å²) in [5.41, 5.74) is 0. The zero-order valence-corrected chi connectivity index (χ0v) is 10.6. The van der Waals surface area contributed by atoms with Crippen molar-refractivity contribution in [2.24, 2.45) is 5.92 Å². The van der Waals surface area contributed by atoms with Crippen molar-refractivity contribution in [1.29, 1.82) is 0 Å². The second-order valence-corrected chi connectivity index (χ2v) is 4.83. The van der Waals surface area contributed by atoms with Crippen LogP contribution in [0.4, 0.5) is 0 Å². The molecule has 0 aliphatic heterocycles. The van der Waals surface area contributed by atoms with Gasteiger partial charge in [0.2, 0.25) is 5.89 Å². The fourth-order valence-corrected chi connectivity index (χ4v) is 2.32. The van der Waals surface area contributed by atoms with Crippen molar-refractivity contribution >= 4 is 0 Å². The standard InChI is InChI=1S/C12H21N3O2/c1-9-3-4-10(7-9)12-14-11(17-15-12)8-13-5-6-16-2/h9-10,13H,3-8H2,1-2H3. The van der Waals surface area contributed by atoms with Crippen molar-refractivity contribution in [1.82, 2.24) is 15.5 Å². The van der Waals surface area contributed by atoms with Crippen LogP contribution >= 0.6 is 0 Å². The summed E-state index contributed by atoms with van der Waals surface area (Å²) in [6.45, 7) is 4.40. The van der Waals surface area contributed by atoms with Crippen molar-refractivity contribution in [2.75, 3.05) is 20.3 Å². The first-order valence-corrected chi connectivity index (χ1v) is 6.31. The van der Waals surface area contributed by atoms with Crippen molar-refractivity contribution in [2.45, 2.75) is 38.6 Å². The summed E-state index contributed by atoms with van der Waals surface area (Å²) < 4.78 is 10.2. The summed E-state index contributed by atoms with van der Waals surface area (Å²) in [6.07, 6.45) is 3.66. The van der Waals surface area contributed by atoms with Gasteiger partial charge in [0, 0.05) is 19.6 Å². The normalized spacial score (nSPS) is 24.4. The van der Waals surface area contributed by atoms with Crippen LogP contribution in [-0.2, 0) is 11.3 Å². The summed E-state index contributed by atoms with van der Waals surface area (Å²) in [7, 11) is 1.69. The van der Waals surface area contributed by atoms with Crippen LogP contribution in [0, 0.1) is 5.92 Å². The number of nitrogens with zero attached hydrogens (tertiary/aromatic N) is 2. The second-order valence-electron chi connectivity index (χ2n) is 4.83. The molecule has 1 aliphatic carbocycles. The van der Waals surface area contributed by atoms with E-state index in [0.717, 1.165) is 18.3 Å². The quantitative estimate of drug-likeness (QED) is 0.766. The van der Waals surface area contributed by atoms with Crippen molar-refractivity contribution < 1.29 is 9.26 Å². The average Bonchev–Trinajstić information content (AvgIpc) is 2.93. The third-order valence-electron chi connectivity index (χ3n) is 3.30. The summed E-state index contributed by atoms with van der Waals surface area (Å²) in [5.74, 6) is 2.86. The Bertz CT molecular complexity index is 340. The van der Waals surface area contributed by atoms with E-state index >= 15 is 0 Å². The molecule has 5 nitrogen and oxygen atoms in total. The maximum atomic E-state index is 5.23. The maximum absolute atomic E-state index is 5.23. The number of ether oxygens (including phenoxy) is 1. The number of hydrogen-bond acceptors (Lipinski definition) is 5. The molecular weight excluding hydrogens is 218 g/mol. The molecule has 96 valence electrons. The lowest BCUT2D eigenvalue weighted by Crippen LogP contribution is -2.18. The lowest BCUT2D eigenvalue weighted by atomic mass is 10.1. The molecule has 2 atom stereocenters. The highest BCUT2D eigenvalue weighted by atomic mass is 16.5. The Labute approximate surface area is 102 Å². The van der Waals surface area contributed by atoms with Crippen LogP contribution in [0.3, 0.4) is 0 Å². The zero-order valence-electron chi connectivity index (χ0n) is 10.6. The van der Waals surface area contributed by atoms with Gasteiger partial charge in [0.05, 0.1) is 13.2 Å². The molecule has 0 amide bonds. The van der Waals surface area contributed by atoms with Crippen LogP contribution in [-0.4, -0.2) is 30.4 Å². The fraction of sp³-hybridized carbons (Fsp3) is 0.833. The predicted octanol–water partition coefficient (Wildman–Crippen LogP) is 1.71. The Morgan fingerprint density at radius 1 is 1.47 bits per heavy atom. The second kappa shape index (κ2) is 6.12. The molecule has 5 heteroatoms. The molecule has 1 N–H and O–H groups in total. The van der Waals surface area contributed by atoms with Crippen LogP contribution in [0.15, 0.2) is 4.52 Å². The highest BCUT2D eigenvalue weighted by molar-refractivity contribution is 4.99. The summed E-state index contributed by atoms with van der Waals surface area (Å²) in [6, 6.07) is 0. The monoisotopic (exact) mass is 239 g/mol. The van der Waals surface area contributed by atoms with E-state index in [1.807, 2.05) is 0 Å². The molecule has 0 bridgehead atoms. The third-order valence-corrected chi connectivity index (χ3v) is 3.30. The number of methoxy groups -OCH3 is 1. The van der Waals surface area contributed by atoms with Gasteiger partial charge < -0.3 is 14.6 Å². The minimum atomic E-state index is 0.501. The van der Waals surface area contributed by atoms with Gasteiger partial charge in [0.15, 0.2) is 5.82 Å². The van der Waals surface area contributed by atoms with Crippen molar-refractivity contribution in [3.63, 3.8) is 0 Å². The molecule has 0 saturated heterocycles. The molecule has 2 rings (SSSR count). The maximum Gasteiger partial charge on any atom is 0.240 e. The number of hydrogen-bond donors (Lipinski definition) is 1. The van der Waals surface area contributed by atoms with E-state index < -0.39 is 0 Å². The van der Waals surface area contributed by atoms with Gasteiger partial charge in [-0.25, -0.2) is 0 Å². The molecule has 0 aromatic carbocycles. The molecule has 0 spiro atoms. The summed E-state index contributed by atoms with van der Waals surface area (Å²) in [4.78, 5) is 4.44. The zero-order chi connectivity index (χ0) is 12.1. The van der Waals surface area contributed by atoms with E-state index in [-0.39, 0.29) is 0 Å². The summed E-state index contributed by atoms with van der Waals surface area (Å²) in [5, 5.41) is 7.27. The highest BCUT2D eigenvalue weighted by Crippen LogP contribution is 2.36. The first kappa shape index (κ1) is 12.5. The number of nitrogens with one attached hydrogen (secondary N) is 1. The van der Waals surface area contributed by atoms with Crippen molar-refractivity contribution in [3.05, 3.63) is 11.7 Å². The Morgan fingerprint density at radius 2 is 2.35 bits per heavy atom. The van der Waals surface area contributed by atoms with E-state index in [2.05, 4.69) is 22.4 Å². The number of aromatic nitrogens is 2. The average molecular weight is 239 g/mol. The van der Waals surface area contributed by atoms with Gasteiger partial charge in [-0.15, -0.1) is 0 Å². The molecule has 1 saturated carbocycles. The van der Waals surface area contributed by atoms with E-state index in [0.29, 0.717) is 25.0 Å². The topological polar surface area (TPSA) is 60.2 Å². The van der Waals surface area contributed by atoms with E-state index in [1.54, 1.807) is 7.11 Å². The van der Waals surface area contributed by atoms with Gasteiger partial charge >= 0.3 is 0 Å². The predicted molar refractivity (Wildman–Crippen MR) is 63.6 cm³/mol. The molecule has 1 aromatic rings. The minimum absolute atomic E-state index is 0.501. The SMILES string of the molecule is COCCNCc1nc(C2CCC(C)C2)no1. The van der Waals surface area contributed by atoms with E-state index in [4.69, 9.17) is 9.26 Å². The van der Waals surface area contributed by atoms with Gasteiger partial charge in [0.25, 0.3) is 0 Å². The minimum Gasteiger partial charge on any atom is -0.383 e. The Morgan fingerprint density at radius 3 is 3.06 bits per heavy atom. The van der Waals surface area contributed by atoms with Crippen LogP contribution in [0.1, 0.15) is 43.8 Å². The van der Waals surface area contributed by atoms with E-state index in [1.165, 1.54) is 19.3 Å². The van der Waals surface area contributed by atoms with Crippen LogP contribution in [0.2, 0.25) is 0 Å². The van der Waals surface area contributed by atoms with Gasteiger partial charge in [0.1, 0.15) is 0 Å². The Balaban J connectivity index is 1.79. The Kier molecular flexibility index (Phi) is 4.50. The van der Waals surface area contributed by atoms with Crippen molar-refractivity contribution in [3.8, 4) is 0 Å². The molecular formula is C12H21N3O2. The lowest BCUT2D eigenvalue weighted by Gasteiger charge is -2.01. The fourth-order valence-electron chi connectivity index (χ4n) is 2.32. The Hall–Kier alpha value is -0.940. The summed E-state index contributed by atoms with van der Waals surface area (Å²) >= 11 is 0. The first-order chi connectivity index (χ1) is 8.29. The van der Waals surface area contributed by atoms with Gasteiger partial charge in [-0.1, -0.05) is 12.1 Å². The van der Waals surface area contributed by atoms with Gasteiger partial charge in [-0.2, -0.15) is 4.98 Å². The van der Waals surface area contributed by atoms with Gasteiger partial charge in [-0.05, 0) is 25.2 Å². The van der Waals surface area contributed by atoms with Crippen LogP contribution in [0.5, 0.6) is 0 Å². The van der Waals surface area contributed by atoms with E-state index in [9.17, 15) is 0 Å². The molecule has 17 heavy (non-hydrogen) atoms. The van der Waals surface area contributed by atoms with Crippen LogP contribution in [0.25, 0.3) is 0 Å². The molecule has 1 fully saturated rings. The molecule has 2 unspecified atom stereocenters. The number of rotatable bonds is 6. The molecule has 1 aromatic heterocycles. The van der Waals surface area contributed by atoms with Crippen LogP contribution < -0.4 is 5.32 Å².